The summed E-state index contributed by atoms with van der Waals surface area (Å²) in [7, 11) is 0. The Balaban J connectivity index is 1.89. The van der Waals surface area contributed by atoms with Gasteiger partial charge in [0.1, 0.15) is 12.1 Å². The molecule has 6 heteroatoms. The lowest BCUT2D eigenvalue weighted by Crippen LogP contribution is -2.28. The topological polar surface area (TPSA) is 70.7 Å². The SMILES string of the molecule is CC(C)(C)c1[nH]c(-c2ccc(Cl)cc2)c2c(NC(=O)C3CCC3)ncnc12. The average molecular weight is 383 g/mol. The normalized spacial score (nSPS) is 15.0. The second-order valence-electron chi connectivity index (χ2n) is 8.19. The number of carbonyl (C=O) groups is 1. The number of halogens is 1. The first-order valence-electron chi connectivity index (χ1n) is 9.28. The van der Waals surface area contributed by atoms with E-state index in [0.29, 0.717) is 10.8 Å². The number of carbonyl (C=O) groups excluding carboxylic acids is 1. The van der Waals surface area contributed by atoms with E-state index in [-0.39, 0.29) is 17.2 Å². The van der Waals surface area contributed by atoms with E-state index < -0.39 is 0 Å². The minimum absolute atomic E-state index is 0.0433. The largest absolute Gasteiger partial charge is 0.356 e. The summed E-state index contributed by atoms with van der Waals surface area (Å²) in [6.45, 7) is 6.41. The maximum Gasteiger partial charge on any atom is 0.228 e. The molecule has 2 aromatic heterocycles. The Kier molecular flexibility index (Phi) is 4.42. The van der Waals surface area contributed by atoms with Gasteiger partial charge in [-0.1, -0.05) is 50.9 Å². The number of aromatic nitrogens is 3. The van der Waals surface area contributed by atoms with Gasteiger partial charge in [0.2, 0.25) is 5.91 Å². The molecule has 0 atom stereocenters. The van der Waals surface area contributed by atoms with Gasteiger partial charge in [-0.2, -0.15) is 0 Å². The Bertz CT molecular complexity index is 997. The highest BCUT2D eigenvalue weighted by atomic mass is 35.5. The molecule has 2 N–H and O–H groups in total. The molecule has 0 unspecified atom stereocenters. The number of aromatic amines is 1. The third-order valence-corrected chi connectivity index (χ3v) is 5.44. The van der Waals surface area contributed by atoms with E-state index in [0.717, 1.165) is 47.1 Å². The van der Waals surface area contributed by atoms with E-state index >= 15 is 0 Å². The molecule has 1 aromatic carbocycles. The fraction of sp³-hybridized carbons (Fsp3) is 0.381. The molecule has 0 saturated heterocycles. The second-order valence-corrected chi connectivity index (χ2v) is 8.63. The lowest BCUT2D eigenvalue weighted by atomic mass is 9.85. The van der Waals surface area contributed by atoms with E-state index in [2.05, 4.69) is 41.0 Å². The molecule has 0 radical (unpaired) electrons. The molecule has 1 fully saturated rings. The van der Waals surface area contributed by atoms with Crippen LogP contribution in [-0.2, 0) is 10.2 Å². The van der Waals surface area contributed by atoms with Crippen LogP contribution in [0.4, 0.5) is 5.82 Å². The van der Waals surface area contributed by atoms with Gasteiger partial charge < -0.3 is 10.3 Å². The van der Waals surface area contributed by atoms with Crippen molar-refractivity contribution in [3.8, 4) is 11.3 Å². The Hall–Kier alpha value is -2.40. The van der Waals surface area contributed by atoms with Crippen LogP contribution in [0.15, 0.2) is 30.6 Å². The molecule has 1 aliphatic carbocycles. The third-order valence-electron chi connectivity index (χ3n) is 5.18. The summed E-state index contributed by atoms with van der Waals surface area (Å²) in [4.78, 5) is 25.0. The number of fused-ring (bicyclic) bond motifs is 1. The van der Waals surface area contributed by atoms with Gasteiger partial charge in [0.25, 0.3) is 0 Å². The molecule has 2 heterocycles. The molecule has 27 heavy (non-hydrogen) atoms. The smallest absolute Gasteiger partial charge is 0.228 e. The molecule has 0 bridgehead atoms. The molecule has 0 spiro atoms. The van der Waals surface area contributed by atoms with Gasteiger partial charge in [-0.15, -0.1) is 0 Å². The van der Waals surface area contributed by atoms with Crippen LogP contribution in [0.25, 0.3) is 22.2 Å². The number of H-pyrrole nitrogens is 1. The van der Waals surface area contributed by atoms with Gasteiger partial charge in [0, 0.05) is 22.0 Å². The summed E-state index contributed by atoms with van der Waals surface area (Å²) in [6.07, 6.45) is 4.54. The van der Waals surface area contributed by atoms with Crippen molar-refractivity contribution in [2.75, 3.05) is 5.32 Å². The molecule has 4 rings (SSSR count). The minimum atomic E-state index is -0.132. The zero-order chi connectivity index (χ0) is 19.2. The average Bonchev–Trinajstić information content (AvgIpc) is 2.95. The highest BCUT2D eigenvalue weighted by molar-refractivity contribution is 6.30. The highest BCUT2D eigenvalue weighted by Gasteiger charge is 2.28. The molecule has 140 valence electrons. The van der Waals surface area contributed by atoms with E-state index in [1.165, 1.54) is 6.33 Å². The van der Waals surface area contributed by atoms with Gasteiger partial charge in [0.05, 0.1) is 16.6 Å². The zero-order valence-corrected chi connectivity index (χ0v) is 16.5. The molecular weight excluding hydrogens is 360 g/mol. The molecule has 0 aliphatic heterocycles. The molecule has 1 amide bonds. The van der Waals surface area contributed by atoms with Gasteiger partial charge in [-0.25, -0.2) is 9.97 Å². The summed E-state index contributed by atoms with van der Waals surface area (Å²) < 4.78 is 0. The van der Waals surface area contributed by atoms with E-state index in [1.807, 2.05) is 24.3 Å². The lowest BCUT2D eigenvalue weighted by molar-refractivity contribution is -0.122. The van der Waals surface area contributed by atoms with E-state index in [4.69, 9.17) is 11.6 Å². The second kappa shape index (κ2) is 6.64. The van der Waals surface area contributed by atoms with Crippen LogP contribution in [0.3, 0.4) is 0 Å². The Morgan fingerprint density at radius 2 is 1.89 bits per heavy atom. The number of hydrogen-bond acceptors (Lipinski definition) is 3. The summed E-state index contributed by atoms with van der Waals surface area (Å²) in [5.74, 6) is 0.699. The minimum Gasteiger partial charge on any atom is -0.356 e. The van der Waals surface area contributed by atoms with Crippen molar-refractivity contribution in [3.05, 3.63) is 41.3 Å². The predicted octanol–water partition coefficient (Wildman–Crippen LogP) is 5.31. The quantitative estimate of drug-likeness (QED) is 0.644. The monoisotopic (exact) mass is 382 g/mol. The molecule has 1 aliphatic rings. The number of nitrogens with zero attached hydrogens (tertiary/aromatic N) is 2. The van der Waals surface area contributed by atoms with Gasteiger partial charge >= 0.3 is 0 Å². The molecular formula is C21H23ClN4O. The van der Waals surface area contributed by atoms with Crippen LogP contribution in [0, 0.1) is 5.92 Å². The predicted molar refractivity (Wildman–Crippen MR) is 109 cm³/mol. The van der Waals surface area contributed by atoms with Gasteiger partial charge in [-0.05, 0) is 30.5 Å². The molecule has 1 saturated carbocycles. The van der Waals surface area contributed by atoms with Crippen LogP contribution in [0.5, 0.6) is 0 Å². The van der Waals surface area contributed by atoms with Gasteiger partial charge in [0.15, 0.2) is 0 Å². The first-order valence-corrected chi connectivity index (χ1v) is 9.66. The number of anilines is 1. The van der Waals surface area contributed by atoms with Crippen molar-refractivity contribution in [3.63, 3.8) is 0 Å². The number of rotatable bonds is 3. The Morgan fingerprint density at radius 3 is 2.48 bits per heavy atom. The first kappa shape index (κ1) is 18.0. The van der Waals surface area contributed by atoms with Crippen molar-refractivity contribution in [1.82, 2.24) is 15.0 Å². The number of hydrogen-bond donors (Lipinski definition) is 2. The third kappa shape index (κ3) is 3.32. The number of benzene rings is 1. The summed E-state index contributed by atoms with van der Waals surface area (Å²) in [5, 5.41) is 4.56. The lowest BCUT2D eigenvalue weighted by Gasteiger charge is -2.24. The van der Waals surface area contributed by atoms with E-state index in [1.54, 1.807) is 0 Å². The van der Waals surface area contributed by atoms with Crippen LogP contribution < -0.4 is 5.32 Å². The first-order chi connectivity index (χ1) is 12.8. The highest BCUT2D eigenvalue weighted by Crippen LogP contribution is 2.39. The van der Waals surface area contributed by atoms with Crippen molar-refractivity contribution >= 4 is 34.2 Å². The number of nitrogens with one attached hydrogen (secondary N) is 2. The fourth-order valence-corrected chi connectivity index (χ4v) is 3.54. The standard InChI is InChI=1S/C21H23ClN4O/c1-21(2,3)18-17-15(16(25-18)12-7-9-14(22)10-8-12)19(24-11-23-17)26-20(27)13-5-4-6-13/h7-11,13,25H,4-6H2,1-3H3,(H,23,24,26,27). The molecule has 5 nitrogen and oxygen atoms in total. The van der Waals surface area contributed by atoms with Crippen LogP contribution in [-0.4, -0.2) is 20.9 Å². The van der Waals surface area contributed by atoms with Crippen LogP contribution in [0.1, 0.15) is 45.7 Å². The Morgan fingerprint density at radius 1 is 1.19 bits per heavy atom. The maximum atomic E-state index is 12.5. The van der Waals surface area contributed by atoms with Crippen molar-refractivity contribution < 1.29 is 4.79 Å². The number of amides is 1. The van der Waals surface area contributed by atoms with Crippen LogP contribution in [0.2, 0.25) is 5.02 Å². The van der Waals surface area contributed by atoms with Crippen LogP contribution >= 0.6 is 11.6 Å². The van der Waals surface area contributed by atoms with Crippen molar-refractivity contribution in [1.29, 1.82) is 0 Å². The summed E-state index contributed by atoms with van der Waals surface area (Å²) in [6, 6.07) is 7.64. The van der Waals surface area contributed by atoms with Crippen molar-refractivity contribution in [2.24, 2.45) is 5.92 Å². The summed E-state index contributed by atoms with van der Waals surface area (Å²) in [5.41, 5.74) is 3.60. The maximum absolute atomic E-state index is 12.5. The van der Waals surface area contributed by atoms with E-state index in [9.17, 15) is 4.79 Å². The van der Waals surface area contributed by atoms with Crippen molar-refractivity contribution in [2.45, 2.75) is 45.4 Å². The zero-order valence-electron chi connectivity index (χ0n) is 15.8. The Labute approximate surface area is 163 Å². The van der Waals surface area contributed by atoms with Gasteiger partial charge in [-0.3, -0.25) is 4.79 Å². The molecule has 3 aromatic rings. The fourth-order valence-electron chi connectivity index (χ4n) is 3.42. The summed E-state index contributed by atoms with van der Waals surface area (Å²) >= 11 is 6.06.